The number of benzene rings is 1. The lowest BCUT2D eigenvalue weighted by molar-refractivity contribution is 0.0939. The predicted octanol–water partition coefficient (Wildman–Crippen LogP) is 3.54. The van der Waals surface area contributed by atoms with Crippen LogP contribution in [0.2, 0.25) is 0 Å². The highest BCUT2D eigenvalue weighted by atomic mass is 16.5. The number of nitrogens with one attached hydrogen (secondary N) is 1. The van der Waals surface area contributed by atoms with Gasteiger partial charge in [0, 0.05) is 18.0 Å². The van der Waals surface area contributed by atoms with E-state index in [1.54, 1.807) is 32.5 Å². The molecule has 1 aromatic carbocycles. The maximum atomic E-state index is 12.8. The molecule has 25 heavy (non-hydrogen) atoms. The van der Waals surface area contributed by atoms with E-state index in [9.17, 15) is 4.79 Å². The second-order valence-electron chi connectivity index (χ2n) is 5.68. The monoisotopic (exact) mass is 337 g/mol. The minimum atomic E-state index is -0.235. The van der Waals surface area contributed by atoms with E-state index < -0.39 is 0 Å². The molecule has 3 rings (SSSR count). The third-order valence-electron chi connectivity index (χ3n) is 3.98. The van der Waals surface area contributed by atoms with Gasteiger partial charge in [0.05, 0.1) is 18.8 Å². The molecule has 0 radical (unpaired) electrons. The molecule has 0 spiro atoms. The number of hydrogen-bond donors (Lipinski definition) is 1. The Morgan fingerprint density at radius 1 is 1.24 bits per heavy atom. The number of ether oxygens (including phenoxy) is 1. The van der Waals surface area contributed by atoms with Crippen LogP contribution in [0.4, 0.5) is 0 Å². The molecule has 1 amide bonds. The molecule has 0 saturated heterocycles. The first-order chi connectivity index (χ1) is 12.1. The van der Waals surface area contributed by atoms with Gasteiger partial charge >= 0.3 is 0 Å². The number of amides is 1. The van der Waals surface area contributed by atoms with E-state index in [1.165, 1.54) is 0 Å². The Labute approximate surface area is 145 Å². The van der Waals surface area contributed by atoms with E-state index in [2.05, 4.69) is 15.5 Å². The van der Waals surface area contributed by atoms with Crippen molar-refractivity contribution in [3.05, 3.63) is 65.6 Å². The van der Waals surface area contributed by atoms with E-state index >= 15 is 0 Å². The maximum absolute atomic E-state index is 12.8. The molecule has 2 aromatic heterocycles. The predicted molar refractivity (Wildman–Crippen MR) is 93.3 cm³/mol. The van der Waals surface area contributed by atoms with Crippen LogP contribution in [0.3, 0.4) is 0 Å². The number of rotatable bonds is 5. The van der Waals surface area contributed by atoms with Crippen molar-refractivity contribution in [2.75, 3.05) is 7.11 Å². The Morgan fingerprint density at radius 3 is 2.64 bits per heavy atom. The quantitative estimate of drug-likeness (QED) is 0.770. The zero-order valence-electron chi connectivity index (χ0n) is 14.3. The fraction of sp³-hybridized carbons (Fsp3) is 0.211. The lowest BCUT2D eigenvalue weighted by Gasteiger charge is -2.15. The van der Waals surface area contributed by atoms with Gasteiger partial charge in [-0.25, -0.2) is 0 Å². The van der Waals surface area contributed by atoms with Crippen molar-refractivity contribution in [3.8, 4) is 17.1 Å². The number of hydrogen-bond acceptors (Lipinski definition) is 5. The van der Waals surface area contributed by atoms with E-state index in [0.29, 0.717) is 22.6 Å². The summed E-state index contributed by atoms with van der Waals surface area (Å²) in [6.45, 7) is 3.67. The SMILES string of the molecule is COc1ccc([C@H](C)NC(=O)c2c(C)noc2-c2cccnc2)cc1. The summed E-state index contributed by atoms with van der Waals surface area (Å²) in [5.41, 5.74) is 2.66. The minimum Gasteiger partial charge on any atom is -0.497 e. The zero-order chi connectivity index (χ0) is 17.8. The van der Waals surface area contributed by atoms with Gasteiger partial charge in [0.1, 0.15) is 11.3 Å². The number of pyridine rings is 1. The van der Waals surface area contributed by atoms with Crippen molar-refractivity contribution < 1.29 is 14.1 Å². The fourth-order valence-corrected chi connectivity index (χ4v) is 2.58. The molecule has 0 bridgehead atoms. The number of carbonyl (C=O) groups is 1. The first-order valence-electron chi connectivity index (χ1n) is 7.91. The second kappa shape index (κ2) is 7.17. The maximum Gasteiger partial charge on any atom is 0.257 e. The Kier molecular flexibility index (Phi) is 4.79. The summed E-state index contributed by atoms with van der Waals surface area (Å²) in [6.07, 6.45) is 3.31. The highest BCUT2D eigenvalue weighted by Crippen LogP contribution is 2.26. The van der Waals surface area contributed by atoms with Crippen LogP contribution >= 0.6 is 0 Å². The van der Waals surface area contributed by atoms with Crippen LogP contribution in [0, 0.1) is 6.92 Å². The van der Waals surface area contributed by atoms with E-state index in [-0.39, 0.29) is 11.9 Å². The number of carbonyl (C=O) groups excluding carboxylic acids is 1. The third-order valence-corrected chi connectivity index (χ3v) is 3.98. The molecule has 3 aromatic rings. The Bertz CT molecular complexity index is 857. The van der Waals surface area contributed by atoms with E-state index in [0.717, 1.165) is 11.3 Å². The average Bonchev–Trinajstić information content (AvgIpc) is 3.04. The summed E-state index contributed by atoms with van der Waals surface area (Å²) >= 11 is 0. The summed E-state index contributed by atoms with van der Waals surface area (Å²) in [5, 5.41) is 6.92. The third kappa shape index (κ3) is 3.52. The van der Waals surface area contributed by atoms with Crippen molar-refractivity contribution in [2.24, 2.45) is 0 Å². The summed E-state index contributed by atoms with van der Waals surface area (Å²) in [5.74, 6) is 0.960. The van der Waals surface area contributed by atoms with Crippen molar-refractivity contribution in [1.29, 1.82) is 0 Å². The van der Waals surface area contributed by atoms with Crippen LogP contribution in [0.15, 0.2) is 53.3 Å². The molecular formula is C19H19N3O3. The highest BCUT2D eigenvalue weighted by Gasteiger charge is 2.23. The molecule has 0 aliphatic heterocycles. The number of methoxy groups -OCH3 is 1. The molecule has 0 saturated carbocycles. The first kappa shape index (κ1) is 16.7. The topological polar surface area (TPSA) is 77.2 Å². The molecule has 6 heteroatoms. The van der Waals surface area contributed by atoms with Crippen LogP contribution in [-0.2, 0) is 0 Å². The van der Waals surface area contributed by atoms with Crippen LogP contribution in [0.5, 0.6) is 5.75 Å². The number of nitrogens with zero attached hydrogens (tertiary/aromatic N) is 2. The lowest BCUT2D eigenvalue weighted by atomic mass is 10.1. The Morgan fingerprint density at radius 2 is 2.00 bits per heavy atom. The van der Waals surface area contributed by atoms with Crippen molar-refractivity contribution in [3.63, 3.8) is 0 Å². The number of aromatic nitrogens is 2. The van der Waals surface area contributed by atoms with E-state index in [1.807, 2.05) is 37.3 Å². The van der Waals surface area contributed by atoms with Gasteiger partial charge in [0.25, 0.3) is 5.91 Å². The van der Waals surface area contributed by atoms with Gasteiger partial charge in [-0.05, 0) is 43.7 Å². The van der Waals surface area contributed by atoms with Crippen LogP contribution in [0.25, 0.3) is 11.3 Å². The molecule has 0 aliphatic carbocycles. The van der Waals surface area contributed by atoms with Gasteiger partial charge in [0.2, 0.25) is 0 Å². The normalized spacial score (nSPS) is 11.8. The van der Waals surface area contributed by atoms with Gasteiger partial charge in [-0.3, -0.25) is 9.78 Å². The molecule has 128 valence electrons. The number of aryl methyl sites for hydroxylation is 1. The standard InChI is InChI=1S/C19H19N3O3/c1-12(14-6-8-16(24-3)9-7-14)21-19(23)17-13(2)22-25-18(17)15-5-4-10-20-11-15/h4-12H,1-3H3,(H,21,23)/t12-/m0/s1. The van der Waals surface area contributed by atoms with Crippen molar-refractivity contribution in [2.45, 2.75) is 19.9 Å². The van der Waals surface area contributed by atoms with Gasteiger partial charge in [-0.15, -0.1) is 0 Å². The summed E-state index contributed by atoms with van der Waals surface area (Å²) in [4.78, 5) is 16.8. The van der Waals surface area contributed by atoms with Gasteiger partial charge in [0.15, 0.2) is 5.76 Å². The molecule has 2 heterocycles. The average molecular weight is 337 g/mol. The lowest BCUT2D eigenvalue weighted by Crippen LogP contribution is -2.27. The van der Waals surface area contributed by atoms with Crippen LogP contribution in [0.1, 0.15) is 34.6 Å². The Hall–Kier alpha value is -3.15. The summed E-state index contributed by atoms with van der Waals surface area (Å²) < 4.78 is 10.5. The fourth-order valence-electron chi connectivity index (χ4n) is 2.58. The van der Waals surface area contributed by atoms with Crippen molar-refractivity contribution >= 4 is 5.91 Å². The second-order valence-corrected chi connectivity index (χ2v) is 5.68. The first-order valence-corrected chi connectivity index (χ1v) is 7.91. The van der Waals surface area contributed by atoms with Crippen molar-refractivity contribution in [1.82, 2.24) is 15.5 Å². The van der Waals surface area contributed by atoms with E-state index in [4.69, 9.17) is 9.26 Å². The Balaban J connectivity index is 1.82. The zero-order valence-corrected chi connectivity index (χ0v) is 14.3. The molecule has 1 atom stereocenters. The van der Waals surface area contributed by atoms with Gasteiger partial charge in [-0.1, -0.05) is 17.3 Å². The molecule has 1 N–H and O–H groups in total. The van der Waals surface area contributed by atoms with Gasteiger partial charge < -0.3 is 14.6 Å². The molecule has 6 nitrogen and oxygen atoms in total. The smallest absolute Gasteiger partial charge is 0.257 e. The summed E-state index contributed by atoms with van der Waals surface area (Å²) in [7, 11) is 1.62. The highest BCUT2D eigenvalue weighted by molar-refractivity contribution is 6.00. The molecule has 0 unspecified atom stereocenters. The minimum absolute atomic E-state index is 0.172. The molecule has 0 fully saturated rings. The van der Waals surface area contributed by atoms with Gasteiger partial charge in [-0.2, -0.15) is 0 Å². The molecular weight excluding hydrogens is 318 g/mol. The van der Waals surface area contributed by atoms with Crippen LogP contribution < -0.4 is 10.1 Å². The van der Waals surface area contributed by atoms with Crippen LogP contribution in [-0.4, -0.2) is 23.2 Å². The largest absolute Gasteiger partial charge is 0.497 e. The molecule has 0 aliphatic rings. The summed E-state index contributed by atoms with van der Waals surface area (Å²) in [6, 6.07) is 11.0.